The summed E-state index contributed by atoms with van der Waals surface area (Å²) in [6, 6.07) is 5.17. The first kappa shape index (κ1) is 21.6. The molecule has 10 nitrogen and oxygen atoms in total. The summed E-state index contributed by atoms with van der Waals surface area (Å²) < 4.78 is -0.417. The maximum atomic E-state index is 10.9. The van der Waals surface area contributed by atoms with E-state index >= 15 is 0 Å². The van der Waals surface area contributed by atoms with Crippen molar-refractivity contribution >= 4 is 11.9 Å². The number of rotatable bonds is 12. The van der Waals surface area contributed by atoms with E-state index in [0.29, 0.717) is 0 Å². The Bertz CT molecular complexity index is 517. The molecule has 0 aliphatic rings. The lowest BCUT2D eigenvalue weighted by atomic mass is 10.2. The zero-order valence-electron chi connectivity index (χ0n) is 13.0. The van der Waals surface area contributed by atoms with Crippen molar-refractivity contribution < 1.29 is 44.6 Å². The molecule has 0 aromatic heterocycles. The molecule has 0 radical (unpaired) electrons. The quantitative estimate of drug-likeness (QED) is 0.111. The molecule has 0 heterocycles. The molecule has 0 aromatic carbocycles. The molecule has 0 saturated heterocycles. The van der Waals surface area contributed by atoms with Crippen molar-refractivity contribution in [3.05, 3.63) is 24.6 Å². The topological polar surface area (TPSA) is 146 Å². The van der Waals surface area contributed by atoms with Crippen molar-refractivity contribution in [3.63, 3.8) is 0 Å². The van der Waals surface area contributed by atoms with Crippen LogP contribution in [0.1, 0.15) is 12.8 Å². The molecule has 0 rings (SSSR count). The smallest absolute Gasteiger partial charge is 0.309 e. The van der Waals surface area contributed by atoms with E-state index in [2.05, 4.69) is 40.3 Å². The summed E-state index contributed by atoms with van der Waals surface area (Å²) in [5.41, 5.74) is 0.405. The first-order valence-corrected chi connectivity index (χ1v) is 6.75. The van der Waals surface area contributed by atoms with Gasteiger partial charge in [-0.25, -0.2) is 14.3 Å². The Labute approximate surface area is 138 Å². The van der Waals surface area contributed by atoms with Gasteiger partial charge in [-0.3, -0.25) is 20.1 Å². The molecule has 0 atom stereocenters. The van der Waals surface area contributed by atoms with Crippen molar-refractivity contribution in [1.82, 2.24) is 5.32 Å². The molecule has 0 amide bonds. The third kappa shape index (κ3) is 8.28. The lowest BCUT2D eigenvalue weighted by Gasteiger charge is -2.31. The van der Waals surface area contributed by atoms with E-state index in [-0.39, 0.29) is 50.5 Å². The highest BCUT2D eigenvalue weighted by Gasteiger charge is 2.32. The fourth-order valence-electron chi connectivity index (χ4n) is 1.73. The molecule has 0 aromatic rings. The summed E-state index contributed by atoms with van der Waals surface area (Å²) in [4.78, 5) is 29.6. The predicted molar refractivity (Wildman–Crippen MR) is 80.9 cm³/mol. The van der Waals surface area contributed by atoms with Crippen molar-refractivity contribution in [2.24, 2.45) is 0 Å². The van der Waals surface area contributed by atoms with E-state index in [0.717, 1.165) is 0 Å². The van der Waals surface area contributed by atoms with Gasteiger partial charge in [0.1, 0.15) is 25.4 Å². The maximum Gasteiger partial charge on any atom is 0.309 e. The van der Waals surface area contributed by atoms with Gasteiger partial charge >= 0.3 is 11.9 Å². The number of quaternary nitrogens is 1. The molecule has 0 saturated carbocycles. The molecule has 0 bridgehead atoms. The highest BCUT2D eigenvalue weighted by molar-refractivity contribution is 5.67. The van der Waals surface area contributed by atoms with Crippen LogP contribution in [0.2, 0.25) is 0 Å². The molecule has 0 unspecified atom stereocenters. The van der Waals surface area contributed by atoms with Crippen LogP contribution in [0.3, 0.4) is 0 Å². The number of nitrogens with one attached hydrogen (secondary N) is 1. The van der Waals surface area contributed by atoms with Gasteiger partial charge in [0.25, 0.3) is 0 Å². The summed E-state index contributed by atoms with van der Waals surface area (Å²) in [5.74, 6) is -2.20. The molecule has 0 spiro atoms. The average molecular weight is 345 g/mol. The second-order valence-corrected chi connectivity index (χ2v) is 4.78. The van der Waals surface area contributed by atoms with Gasteiger partial charge in [0, 0.05) is 5.70 Å². The molecular weight excluding hydrogens is 324 g/mol. The summed E-state index contributed by atoms with van der Waals surface area (Å²) >= 11 is 0. The van der Waals surface area contributed by atoms with Gasteiger partial charge in [-0.05, 0) is 6.58 Å². The van der Waals surface area contributed by atoms with E-state index in [1.807, 2.05) is 0 Å². The number of hydrogen-bond donors (Lipinski definition) is 5. The number of hydrogen-bond acceptors (Lipinski definition) is 7. The van der Waals surface area contributed by atoms with Gasteiger partial charge in [-0.1, -0.05) is 6.58 Å². The third-order valence-electron chi connectivity index (χ3n) is 3.00. The lowest BCUT2D eigenvalue weighted by molar-refractivity contribution is -0.826. The number of carboxylic acid groups (broad SMARTS) is 2. The Balaban J connectivity index is 5.46. The Morgan fingerprint density at radius 1 is 1.00 bits per heavy atom. The van der Waals surface area contributed by atoms with Crippen LogP contribution in [0.15, 0.2) is 24.6 Å². The highest BCUT2D eigenvalue weighted by atomic mass is 17.1. The fourth-order valence-corrected chi connectivity index (χ4v) is 1.73. The molecule has 0 aliphatic carbocycles. The van der Waals surface area contributed by atoms with Gasteiger partial charge in [-0.15, -0.1) is 0 Å². The summed E-state index contributed by atoms with van der Waals surface area (Å²) in [6.07, 6.45) is -0.612. The Morgan fingerprint density at radius 2 is 1.50 bits per heavy atom. The maximum absolute atomic E-state index is 10.9. The monoisotopic (exact) mass is 345 g/mol. The Kier molecular flexibility index (Phi) is 10.0. The SMILES string of the molecule is C=C(COO)NC#C[N+](CCC(=O)O)(CCC(=O)O)C(=C)COO. The normalized spacial score (nSPS) is 10.4. The molecule has 0 fully saturated rings. The zero-order valence-corrected chi connectivity index (χ0v) is 13.0. The van der Waals surface area contributed by atoms with Crippen molar-refractivity contribution in [1.29, 1.82) is 0 Å². The number of nitrogens with zero attached hydrogens (tertiary/aromatic N) is 1. The second kappa shape index (κ2) is 11.2. The van der Waals surface area contributed by atoms with E-state index in [1.165, 1.54) is 0 Å². The molecule has 0 aliphatic heterocycles. The van der Waals surface area contributed by atoms with Crippen molar-refractivity contribution in [2.45, 2.75) is 12.8 Å². The summed E-state index contributed by atoms with van der Waals surface area (Å²) in [6.45, 7) is 6.47. The number of aliphatic carboxylic acids is 2. The zero-order chi connectivity index (χ0) is 18.6. The summed E-state index contributed by atoms with van der Waals surface area (Å²) in [7, 11) is 0. The van der Waals surface area contributed by atoms with Crippen LogP contribution in [0.4, 0.5) is 0 Å². The Morgan fingerprint density at radius 3 is 1.92 bits per heavy atom. The van der Waals surface area contributed by atoms with E-state index in [9.17, 15) is 9.59 Å². The number of carbonyl (C=O) groups is 2. The highest BCUT2D eigenvalue weighted by Crippen LogP contribution is 2.18. The van der Waals surface area contributed by atoms with Crippen LogP contribution < -0.4 is 5.32 Å². The second-order valence-electron chi connectivity index (χ2n) is 4.78. The van der Waals surface area contributed by atoms with E-state index < -0.39 is 16.4 Å². The van der Waals surface area contributed by atoms with Crippen LogP contribution in [0, 0.1) is 12.1 Å². The van der Waals surface area contributed by atoms with Crippen molar-refractivity contribution in [2.75, 3.05) is 26.3 Å². The molecule has 24 heavy (non-hydrogen) atoms. The molecule has 134 valence electrons. The van der Waals surface area contributed by atoms with Crippen LogP contribution >= 0.6 is 0 Å². The predicted octanol–water partition coefficient (Wildman–Crippen LogP) is 0.267. The largest absolute Gasteiger partial charge is 0.481 e. The first-order chi connectivity index (χ1) is 11.3. The van der Waals surface area contributed by atoms with Gasteiger partial charge in [0.05, 0.1) is 18.9 Å². The standard InChI is InChI=1S/C14H20N2O8/c1-11(9-23-21)15-5-8-16(6-3-13(17)18,7-4-14(19)20)12(2)10-24-22/h15H,1-4,6-7,9-10H2,(H3-,17,18,19,20,21,22)/p+1. The molecular formula is C14H21N2O8+. The van der Waals surface area contributed by atoms with Crippen LogP contribution in [-0.4, -0.2) is 63.5 Å². The van der Waals surface area contributed by atoms with Gasteiger partial charge in [0.15, 0.2) is 12.7 Å². The average Bonchev–Trinajstić information content (AvgIpc) is 2.49. The van der Waals surface area contributed by atoms with Gasteiger partial charge in [-0.2, -0.15) is 0 Å². The Hall–Kier alpha value is -2.42. The van der Waals surface area contributed by atoms with E-state index in [4.69, 9.17) is 20.7 Å². The fraction of sp³-hybridized carbons (Fsp3) is 0.429. The number of carboxylic acids is 2. The third-order valence-corrected chi connectivity index (χ3v) is 3.00. The first-order valence-electron chi connectivity index (χ1n) is 6.75. The molecule has 10 heteroatoms. The van der Waals surface area contributed by atoms with Crippen LogP contribution in [0.5, 0.6) is 0 Å². The summed E-state index contributed by atoms with van der Waals surface area (Å²) in [5, 5.41) is 37.2. The van der Waals surface area contributed by atoms with Gasteiger partial charge < -0.3 is 15.5 Å². The van der Waals surface area contributed by atoms with E-state index in [1.54, 1.807) is 0 Å². The van der Waals surface area contributed by atoms with Crippen molar-refractivity contribution in [3.8, 4) is 12.1 Å². The van der Waals surface area contributed by atoms with Crippen LogP contribution in [-0.2, 0) is 19.4 Å². The van der Waals surface area contributed by atoms with Gasteiger partial charge in [0.2, 0.25) is 0 Å². The minimum Gasteiger partial charge on any atom is -0.481 e. The van der Waals surface area contributed by atoms with Crippen LogP contribution in [0.25, 0.3) is 0 Å². The minimum atomic E-state index is -1.10. The minimum absolute atomic E-state index is 0.0809. The molecule has 5 N–H and O–H groups in total. The lowest BCUT2D eigenvalue weighted by Crippen LogP contribution is -2.46.